The largest absolute Gasteiger partial charge is 0.489 e. The van der Waals surface area contributed by atoms with Crippen LogP contribution in [0.5, 0.6) is 5.75 Å². The number of rotatable bonds is 8. The number of alkyl halides is 3. The highest BCUT2D eigenvalue weighted by molar-refractivity contribution is 8.00. The summed E-state index contributed by atoms with van der Waals surface area (Å²) >= 11 is 1.33. The first-order chi connectivity index (χ1) is 13.2. The summed E-state index contributed by atoms with van der Waals surface area (Å²) in [7, 11) is 1.49. The van der Waals surface area contributed by atoms with Crippen LogP contribution in [0.3, 0.4) is 0 Å². The number of hydrogen-bond donors (Lipinski definition) is 1. The molecule has 2 aromatic carbocycles. The number of ether oxygens (including phenoxy) is 2. The van der Waals surface area contributed by atoms with Crippen molar-refractivity contribution >= 4 is 23.4 Å². The van der Waals surface area contributed by atoms with Gasteiger partial charge in [0.05, 0.1) is 23.6 Å². The Morgan fingerprint density at radius 1 is 1.11 bits per heavy atom. The second kappa shape index (κ2) is 9.84. The molecule has 0 spiro atoms. The maximum Gasteiger partial charge on any atom is 0.416 e. The summed E-state index contributed by atoms with van der Waals surface area (Å²) in [6, 6.07) is 8.87. The van der Waals surface area contributed by atoms with Gasteiger partial charge in [0.1, 0.15) is 12.4 Å². The smallest absolute Gasteiger partial charge is 0.416 e. The van der Waals surface area contributed by atoms with E-state index in [2.05, 4.69) is 5.32 Å². The number of anilines is 1. The van der Waals surface area contributed by atoms with Gasteiger partial charge in [0.2, 0.25) is 5.91 Å². The van der Waals surface area contributed by atoms with Gasteiger partial charge in [-0.1, -0.05) is 17.7 Å². The van der Waals surface area contributed by atoms with Crippen LogP contribution in [0.1, 0.15) is 16.7 Å². The zero-order chi connectivity index (χ0) is 20.7. The molecule has 1 amide bonds. The lowest BCUT2D eigenvalue weighted by atomic mass is 10.1. The summed E-state index contributed by atoms with van der Waals surface area (Å²) in [6.07, 6.45) is -4.52. The zero-order valence-electron chi connectivity index (χ0n) is 15.9. The van der Waals surface area contributed by atoms with E-state index in [1.807, 2.05) is 32.0 Å². The predicted molar refractivity (Wildman–Crippen MR) is 104 cm³/mol. The van der Waals surface area contributed by atoms with Crippen LogP contribution in [-0.2, 0) is 15.7 Å². The average Bonchev–Trinajstić information content (AvgIpc) is 2.61. The normalized spacial score (nSPS) is 11.4. The van der Waals surface area contributed by atoms with Crippen molar-refractivity contribution in [1.29, 1.82) is 0 Å². The first-order valence-electron chi connectivity index (χ1n) is 8.53. The van der Waals surface area contributed by atoms with E-state index in [-0.39, 0.29) is 30.4 Å². The summed E-state index contributed by atoms with van der Waals surface area (Å²) in [6.45, 7) is 4.35. The van der Waals surface area contributed by atoms with Crippen molar-refractivity contribution in [3.63, 3.8) is 0 Å². The number of nitrogens with one attached hydrogen (secondary N) is 1. The van der Waals surface area contributed by atoms with Crippen molar-refractivity contribution in [2.45, 2.75) is 24.9 Å². The fraction of sp³-hybridized carbons (Fsp3) is 0.350. The molecule has 0 atom stereocenters. The van der Waals surface area contributed by atoms with E-state index in [1.165, 1.54) is 24.9 Å². The fourth-order valence-corrected chi connectivity index (χ4v) is 3.27. The van der Waals surface area contributed by atoms with E-state index in [0.717, 1.165) is 28.2 Å². The zero-order valence-corrected chi connectivity index (χ0v) is 16.7. The number of thioether (sulfide) groups is 1. The molecule has 4 nitrogen and oxygen atoms in total. The molecule has 1 N–H and O–H groups in total. The molecule has 0 aliphatic heterocycles. The highest BCUT2D eigenvalue weighted by atomic mass is 32.2. The van der Waals surface area contributed by atoms with Gasteiger partial charge in [-0.2, -0.15) is 13.2 Å². The number of amides is 1. The first-order valence-corrected chi connectivity index (χ1v) is 9.52. The van der Waals surface area contributed by atoms with Crippen molar-refractivity contribution in [3.05, 3.63) is 53.1 Å². The number of hydrogen-bond acceptors (Lipinski definition) is 4. The number of carbonyl (C=O) groups excluding carboxylic acids is 1. The van der Waals surface area contributed by atoms with Crippen molar-refractivity contribution in [1.82, 2.24) is 0 Å². The van der Waals surface area contributed by atoms with Gasteiger partial charge in [0, 0.05) is 12.0 Å². The Morgan fingerprint density at radius 3 is 2.50 bits per heavy atom. The molecule has 2 aromatic rings. The molecule has 0 saturated carbocycles. The highest BCUT2D eigenvalue weighted by Crippen LogP contribution is 2.35. The van der Waals surface area contributed by atoms with E-state index in [9.17, 15) is 18.0 Å². The molecule has 2 rings (SSSR count). The Kier molecular flexibility index (Phi) is 7.77. The average molecular weight is 413 g/mol. The maximum absolute atomic E-state index is 13.0. The minimum atomic E-state index is -4.52. The van der Waals surface area contributed by atoms with Crippen LogP contribution in [0.25, 0.3) is 0 Å². The van der Waals surface area contributed by atoms with Crippen LogP contribution < -0.4 is 10.1 Å². The third-order valence-electron chi connectivity index (χ3n) is 3.82. The molecule has 0 aromatic heterocycles. The molecular formula is C20H22F3NO3S. The van der Waals surface area contributed by atoms with E-state index in [1.54, 1.807) is 0 Å². The molecule has 0 bridgehead atoms. The van der Waals surface area contributed by atoms with Crippen LogP contribution in [-0.4, -0.2) is 32.0 Å². The summed E-state index contributed by atoms with van der Waals surface area (Å²) in [5, 5.41) is 2.53. The van der Waals surface area contributed by atoms with Crippen LogP contribution in [0, 0.1) is 13.8 Å². The van der Waals surface area contributed by atoms with Gasteiger partial charge in [-0.15, -0.1) is 11.8 Å². The third kappa shape index (κ3) is 6.45. The molecule has 0 heterocycles. The molecule has 0 fully saturated rings. The van der Waals surface area contributed by atoms with Gasteiger partial charge < -0.3 is 14.8 Å². The van der Waals surface area contributed by atoms with Crippen molar-refractivity contribution in [3.8, 4) is 5.75 Å². The van der Waals surface area contributed by atoms with E-state index < -0.39 is 17.6 Å². The molecular weight excluding hydrogens is 391 g/mol. The Balaban J connectivity index is 2.11. The minimum absolute atomic E-state index is 0.0165. The Bertz CT molecular complexity index is 825. The molecule has 0 aliphatic rings. The topological polar surface area (TPSA) is 47.6 Å². The summed E-state index contributed by atoms with van der Waals surface area (Å²) in [4.78, 5) is 13.3. The molecule has 152 valence electrons. The summed E-state index contributed by atoms with van der Waals surface area (Å²) in [5.41, 5.74) is 1.29. The van der Waals surface area contributed by atoms with Gasteiger partial charge in [-0.3, -0.25) is 4.79 Å². The number of benzene rings is 2. The van der Waals surface area contributed by atoms with E-state index in [4.69, 9.17) is 9.47 Å². The standard InChI is InChI=1S/C20H22F3NO3S/c1-13-4-7-18(14(2)10-13)28-12-19(25)24-16-11-15(20(21,22)23)5-6-17(16)27-9-8-26-3/h4-7,10-11H,8-9,12H2,1-3H3,(H,24,25). The monoisotopic (exact) mass is 413 g/mol. The van der Waals surface area contributed by atoms with Crippen molar-refractivity contribution in [2.75, 3.05) is 31.4 Å². The van der Waals surface area contributed by atoms with Gasteiger partial charge >= 0.3 is 6.18 Å². The second-order valence-electron chi connectivity index (χ2n) is 6.16. The van der Waals surface area contributed by atoms with Crippen LogP contribution >= 0.6 is 11.8 Å². The number of halogens is 3. The summed E-state index contributed by atoms with van der Waals surface area (Å²) in [5.74, 6) is -0.187. The number of methoxy groups -OCH3 is 1. The van der Waals surface area contributed by atoms with Crippen molar-refractivity contribution < 1.29 is 27.4 Å². The second-order valence-corrected chi connectivity index (χ2v) is 7.17. The molecule has 0 unspecified atom stereocenters. The van der Waals surface area contributed by atoms with Gasteiger partial charge in [-0.25, -0.2) is 0 Å². The molecule has 28 heavy (non-hydrogen) atoms. The van der Waals surface area contributed by atoms with Gasteiger partial charge in [-0.05, 0) is 43.7 Å². The quantitative estimate of drug-likeness (QED) is 0.484. The first kappa shape index (κ1) is 22.1. The minimum Gasteiger partial charge on any atom is -0.489 e. The Labute approximate surface area is 166 Å². The third-order valence-corrected chi connectivity index (χ3v) is 4.99. The maximum atomic E-state index is 13.0. The van der Waals surface area contributed by atoms with Crippen molar-refractivity contribution in [2.24, 2.45) is 0 Å². The van der Waals surface area contributed by atoms with Crippen LogP contribution in [0.4, 0.5) is 18.9 Å². The SMILES string of the molecule is COCCOc1ccc(C(F)(F)F)cc1NC(=O)CSc1ccc(C)cc1C. The van der Waals surface area contributed by atoms with Crippen LogP contribution in [0.15, 0.2) is 41.3 Å². The van der Waals surface area contributed by atoms with Gasteiger partial charge in [0.15, 0.2) is 0 Å². The molecule has 8 heteroatoms. The highest BCUT2D eigenvalue weighted by Gasteiger charge is 2.31. The molecule has 0 radical (unpaired) electrons. The summed E-state index contributed by atoms with van der Waals surface area (Å²) < 4.78 is 49.3. The number of aryl methyl sites for hydroxylation is 2. The molecule has 0 aliphatic carbocycles. The van der Waals surface area contributed by atoms with E-state index in [0.29, 0.717) is 0 Å². The van der Waals surface area contributed by atoms with Gasteiger partial charge in [0.25, 0.3) is 0 Å². The predicted octanol–water partition coefficient (Wildman–Crippen LogP) is 5.08. The van der Waals surface area contributed by atoms with Crippen LogP contribution in [0.2, 0.25) is 0 Å². The lowest BCUT2D eigenvalue weighted by molar-refractivity contribution is -0.137. The Morgan fingerprint density at radius 2 is 1.86 bits per heavy atom. The fourth-order valence-electron chi connectivity index (χ4n) is 2.46. The molecule has 0 saturated heterocycles. The lowest BCUT2D eigenvalue weighted by Crippen LogP contribution is -2.17. The number of carbonyl (C=O) groups is 1. The van der Waals surface area contributed by atoms with E-state index >= 15 is 0 Å². The Hall–Kier alpha value is -2.19. The lowest BCUT2D eigenvalue weighted by Gasteiger charge is -2.15.